The van der Waals surface area contributed by atoms with Gasteiger partial charge in [0.05, 0.1) is 17.7 Å². The van der Waals surface area contributed by atoms with Gasteiger partial charge in [0.25, 0.3) is 0 Å². The van der Waals surface area contributed by atoms with Crippen LogP contribution in [0.3, 0.4) is 0 Å². The Kier molecular flexibility index (Phi) is 3.90. The standard InChI is InChI=1S/C10H13ClFNO2/c1-5(13)9(14)8-7(12)4-3-6(11)10(8)15-2/h3-5,9,14H,13H2,1-2H3. The minimum absolute atomic E-state index is 0.000000000000000444. The molecule has 1 aromatic rings. The van der Waals surface area contributed by atoms with Crippen LogP contribution in [-0.4, -0.2) is 18.3 Å². The number of aliphatic hydroxyl groups is 1. The highest BCUT2D eigenvalue weighted by atomic mass is 35.5. The Morgan fingerprint density at radius 1 is 1.53 bits per heavy atom. The van der Waals surface area contributed by atoms with Crippen molar-refractivity contribution in [2.45, 2.75) is 19.1 Å². The fraction of sp³-hybridized carbons (Fsp3) is 0.400. The summed E-state index contributed by atoms with van der Waals surface area (Å²) < 4.78 is 18.4. The number of nitrogens with two attached hydrogens (primary N) is 1. The van der Waals surface area contributed by atoms with E-state index in [2.05, 4.69) is 0 Å². The van der Waals surface area contributed by atoms with Crippen LogP contribution in [0.4, 0.5) is 4.39 Å². The van der Waals surface area contributed by atoms with Gasteiger partial charge >= 0.3 is 0 Å². The first-order valence-corrected chi connectivity index (χ1v) is 4.82. The molecule has 2 atom stereocenters. The Morgan fingerprint density at radius 2 is 2.13 bits per heavy atom. The average molecular weight is 234 g/mol. The summed E-state index contributed by atoms with van der Waals surface area (Å²) in [4.78, 5) is 0. The molecule has 0 amide bonds. The number of benzene rings is 1. The maximum absolute atomic E-state index is 13.5. The molecular weight excluding hydrogens is 221 g/mol. The van der Waals surface area contributed by atoms with Gasteiger partial charge in [-0.15, -0.1) is 0 Å². The maximum Gasteiger partial charge on any atom is 0.146 e. The van der Waals surface area contributed by atoms with Gasteiger partial charge in [-0.3, -0.25) is 0 Å². The predicted molar refractivity (Wildman–Crippen MR) is 56.6 cm³/mol. The second-order valence-electron chi connectivity index (χ2n) is 3.28. The monoisotopic (exact) mass is 233 g/mol. The summed E-state index contributed by atoms with van der Waals surface area (Å²) in [7, 11) is 1.36. The van der Waals surface area contributed by atoms with E-state index in [4.69, 9.17) is 22.1 Å². The van der Waals surface area contributed by atoms with Crippen LogP contribution < -0.4 is 10.5 Å². The smallest absolute Gasteiger partial charge is 0.146 e. The molecule has 0 heterocycles. The lowest BCUT2D eigenvalue weighted by Gasteiger charge is -2.19. The van der Waals surface area contributed by atoms with Crippen molar-refractivity contribution in [3.05, 3.63) is 28.5 Å². The third-order valence-corrected chi connectivity index (χ3v) is 2.39. The first-order chi connectivity index (χ1) is 6.99. The van der Waals surface area contributed by atoms with E-state index in [9.17, 15) is 9.50 Å². The zero-order chi connectivity index (χ0) is 11.6. The maximum atomic E-state index is 13.5. The van der Waals surface area contributed by atoms with E-state index in [1.165, 1.54) is 19.2 Å². The van der Waals surface area contributed by atoms with E-state index < -0.39 is 18.0 Å². The van der Waals surface area contributed by atoms with Gasteiger partial charge in [0.1, 0.15) is 17.7 Å². The van der Waals surface area contributed by atoms with Crippen molar-refractivity contribution in [1.29, 1.82) is 0 Å². The highest BCUT2D eigenvalue weighted by molar-refractivity contribution is 6.32. The molecule has 5 heteroatoms. The van der Waals surface area contributed by atoms with Crippen LogP contribution in [-0.2, 0) is 0 Å². The lowest BCUT2D eigenvalue weighted by Crippen LogP contribution is -2.25. The van der Waals surface area contributed by atoms with Crippen molar-refractivity contribution in [2.75, 3.05) is 7.11 Å². The van der Waals surface area contributed by atoms with Crippen molar-refractivity contribution < 1.29 is 14.2 Å². The fourth-order valence-corrected chi connectivity index (χ4v) is 1.54. The molecule has 0 spiro atoms. The van der Waals surface area contributed by atoms with Gasteiger partial charge in [0.2, 0.25) is 0 Å². The molecule has 0 aliphatic carbocycles. The quantitative estimate of drug-likeness (QED) is 0.838. The predicted octanol–water partition coefficient (Wildman–Crippen LogP) is 1.87. The minimum Gasteiger partial charge on any atom is -0.495 e. The van der Waals surface area contributed by atoms with E-state index in [0.717, 1.165) is 0 Å². The largest absolute Gasteiger partial charge is 0.495 e. The molecule has 0 aromatic heterocycles. The summed E-state index contributed by atoms with van der Waals surface area (Å²) in [6, 6.07) is 1.94. The van der Waals surface area contributed by atoms with Crippen LogP contribution in [0.25, 0.3) is 0 Å². The molecular formula is C10H13ClFNO2. The summed E-state index contributed by atoms with van der Waals surface area (Å²) in [5.74, 6) is -0.456. The number of halogens is 2. The van der Waals surface area contributed by atoms with Crippen LogP contribution in [0.5, 0.6) is 5.75 Å². The van der Waals surface area contributed by atoms with Gasteiger partial charge in [0.15, 0.2) is 0 Å². The Labute approximate surface area is 92.6 Å². The second kappa shape index (κ2) is 4.79. The highest BCUT2D eigenvalue weighted by Crippen LogP contribution is 2.35. The van der Waals surface area contributed by atoms with Crippen molar-refractivity contribution >= 4 is 11.6 Å². The van der Waals surface area contributed by atoms with Gasteiger partial charge < -0.3 is 15.6 Å². The topological polar surface area (TPSA) is 55.5 Å². The molecule has 0 aliphatic rings. The van der Waals surface area contributed by atoms with E-state index in [0.29, 0.717) is 0 Å². The molecule has 0 fully saturated rings. The number of methoxy groups -OCH3 is 1. The number of rotatable bonds is 3. The third kappa shape index (κ3) is 2.40. The van der Waals surface area contributed by atoms with E-state index >= 15 is 0 Å². The zero-order valence-electron chi connectivity index (χ0n) is 8.50. The molecule has 15 heavy (non-hydrogen) atoms. The third-order valence-electron chi connectivity index (χ3n) is 2.09. The van der Waals surface area contributed by atoms with Gasteiger partial charge in [0, 0.05) is 6.04 Å². The van der Waals surface area contributed by atoms with Crippen molar-refractivity contribution in [3.8, 4) is 5.75 Å². The summed E-state index contributed by atoms with van der Waals surface area (Å²) >= 11 is 5.81. The number of ether oxygens (including phenoxy) is 1. The normalized spacial score (nSPS) is 14.8. The number of aliphatic hydroxyl groups excluding tert-OH is 1. The molecule has 3 nitrogen and oxygen atoms in total. The fourth-order valence-electron chi connectivity index (χ4n) is 1.29. The Morgan fingerprint density at radius 3 is 2.60 bits per heavy atom. The lowest BCUT2D eigenvalue weighted by atomic mass is 10.0. The van der Waals surface area contributed by atoms with Crippen LogP contribution >= 0.6 is 11.6 Å². The molecule has 0 saturated heterocycles. The van der Waals surface area contributed by atoms with Gasteiger partial charge in [-0.25, -0.2) is 4.39 Å². The first kappa shape index (κ1) is 12.2. The van der Waals surface area contributed by atoms with Crippen molar-refractivity contribution in [1.82, 2.24) is 0 Å². The van der Waals surface area contributed by atoms with Crippen molar-refractivity contribution in [2.24, 2.45) is 5.73 Å². The average Bonchev–Trinajstić information content (AvgIpc) is 2.19. The summed E-state index contributed by atoms with van der Waals surface area (Å²) in [6.07, 6.45) is -1.14. The van der Waals surface area contributed by atoms with Gasteiger partial charge in [-0.1, -0.05) is 11.6 Å². The Hall–Kier alpha value is -0.840. The van der Waals surface area contributed by atoms with Crippen molar-refractivity contribution in [3.63, 3.8) is 0 Å². The molecule has 84 valence electrons. The van der Waals surface area contributed by atoms with Gasteiger partial charge in [-0.05, 0) is 19.1 Å². The molecule has 0 bridgehead atoms. The van der Waals surface area contributed by atoms with Crippen LogP contribution in [0, 0.1) is 5.82 Å². The molecule has 1 rings (SSSR count). The highest BCUT2D eigenvalue weighted by Gasteiger charge is 2.23. The van der Waals surface area contributed by atoms with Crippen LogP contribution in [0.15, 0.2) is 12.1 Å². The zero-order valence-corrected chi connectivity index (χ0v) is 9.25. The SMILES string of the molecule is COc1c(Cl)ccc(F)c1C(O)C(C)N. The summed E-state index contributed by atoms with van der Waals surface area (Å²) in [5, 5.41) is 9.96. The molecule has 0 radical (unpaired) electrons. The molecule has 0 saturated carbocycles. The van der Waals surface area contributed by atoms with Crippen LogP contribution in [0.1, 0.15) is 18.6 Å². The molecule has 2 unspecified atom stereocenters. The summed E-state index contributed by atoms with van der Waals surface area (Å²) in [6.45, 7) is 1.57. The van der Waals surface area contributed by atoms with E-state index in [1.54, 1.807) is 6.92 Å². The summed E-state index contributed by atoms with van der Waals surface area (Å²) in [5.41, 5.74) is 5.50. The number of hydrogen-bond acceptors (Lipinski definition) is 3. The second-order valence-corrected chi connectivity index (χ2v) is 3.69. The molecule has 3 N–H and O–H groups in total. The van der Waals surface area contributed by atoms with Gasteiger partial charge in [-0.2, -0.15) is 0 Å². The van der Waals surface area contributed by atoms with Crippen LogP contribution in [0.2, 0.25) is 5.02 Å². The molecule has 0 aliphatic heterocycles. The van der Waals surface area contributed by atoms with E-state index in [-0.39, 0.29) is 16.3 Å². The van der Waals surface area contributed by atoms with E-state index in [1.807, 2.05) is 0 Å². The minimum atomic E-state index is -1.14. The molecule has 1 aromatic carbocycles. The Bertz CT molecular complexity index is 358. The number of hydrogen-bond donors (Lipinski definition) is 2. The lowest BCUT2D eigenvalue weighted by molar-refractivity contribution is 0.145. The Balaban J connectivity index is 3.30. The first-order valence-electron chi connectivity index (χ1n) is 4.44.